The maximum atomic E-state index is 9.26. The summed E-state index contributed by atoms with van der Waals surface area (Å²) in [6.45, 7) is 4.29. The Bertz CT molecular complexity index is 141. The Morgan fingerprint density at radius 3 is 2.27 bits per heavy atom. The molecular formula is C10H18O. The number of allylic oxidation sites excluding steroid dienone is 2. The minimum Gasteiger partial charge on any atom is -0.393 e. The Hall–Kier alpha value is -0.300. The van der Waals surface area contributed by atoms with Crippen LogP contribution < -0.4 is 0 Å². The van der Waals surface area contributed by atoms with Crippen molar-refractivity contribution in [3.63, 3.8) is 0 Å². The number of hydrogen-bond acceptors (Lipinski definition) is 1. The van der Waals surface area contributed by atoms with Crippen LogP contribution in [0.15, 0.2) is 11.6 Å². The standard InChI is InChI=1S/C10H18O/c1-3-8(2)9-4-6-10(11)7-5-9/h3,9-11H,4-7H2,1-2H3. The van der Waals surface area contributed by atoms with Gasteiger partial charge in [-0.3, -0.25) is 0 Å². The Balaban J connectivity index is 2.39. The minimum absolute atomic E-state index is 0.0177. The molecular weight excluding hydrogens is 136 g/mol. The number of aliphatic hydroxyl groups excluding tert-OH is 1. The van der Waals surface area contributed by atoms with Crippen LogP contribution in [0, 0.1) is 5.92 Å². The van der Waals surface area contributed by atoms with E-state index in [1.807, 2.05) is 0 Å². The molecule has 1 heteroatoms. The van der Waals surface area contributed by atoms with E-state index in [0.717, 1.165) is 18.8 Å². The van der Waals surface area contributed by atoms with Crippen molar-refractivity contribution < 1.29 is 5.11 Å². The third-order valence-electron chi connectivity index (χ3n) is 2.80. The van der Waals surface area contributed by atoms with Gasteiger partial charge in [-0.1, -0.05) is 11.6 Å². The fourth-order valence-corrected chi connectivity index (χ4v) is 1.77. The predicted molar refractivity (Wildman–Crippen MR) is 47.4 cm³/mol. The molecule has 64 valence electrons. The highest BCUT2D eigenvalue weighted by Gasteiger charge is 2.19. The summed E-state index contributed by atoms with van der Waals surface area (Å²) in [5.74, 6) is 0.753. The maximum absolute atomic E-state index is 9.26. The average Bonchev–Trinajstić information content (AvgIpc) is 2.05. The maximum Gasteiger partial charge on any atom is 0.0540 e. The molecule has 0 aromatic rings. The first kappa shape index (κ1) is 8.79. The first-order valence-corrected chi connectivity index (χ1v) is 4.55. The van der Waals surface area contributed by atoms with E-state index in [0.29, 0.717) is 0 Å². The number of aliphatic hydroxyl groups is 1. The molecule has 1 aliphatic rings. The lowest BCUT2D eigenvalue weighted by Gasteiger charge is -2.25. The molecule has 0 heterocycles. The average molecular weight is 154 g/mol. The van der Waals surface area contributed by atoms with Gasteiger partial charge < -0.3 is 5.11 Å². The second-order valence-electron chi connectivity index (χ2n) is 3.54. The van der Waals surface area contributed by atoms with E-state index in [9.17, 15) is 5.11 Å². The minimum atomic E-state index is -0.0177. The molecule has 1 rings (SSSR count). The quantitative estimate of drug-likeness (QED) is 0.575. The van der Waals surface area contributed by atoms with E-state index >= 15 is 0 Å². The lowest BCUT2D eigenvalue weighted by molar-refractivity contribution is 0.116. The monoisotopic (exact) mass is 154 g/mol. The molecule has 11 heavy (non-hydrogen) atoms. The summed E-state index contributed by atoms with van der Waals surface area (Å²) in [4.78, 5) is 0. The van der Waals surface area contributed by atoms with Gasteiger partial charge in [-0.25, -0.2) is 0 Å². The summed E-state index contributed by atoms with van der Waals surface area (Å²) < 4.78 is 0. The lowest BCUT2D eigenvalue weighted by Crippen LogP contribution is -2.18. The van der Waals surface area contributed by atoms with Gasteiger partial charge >= 0.3 is 0 Å². The van der Waals surface area contributed by atoms with Crippen LogP contribution in [0.5, 0.6) is 0 Å². The molecule has 1 nitrogen and oxygen atoms in total. The van der Waals surface area contributed by atoms with Crippen LogP contribution in [0.1, 0.15) is 39.5 Å². The summed E-state index contributed by atoms with van der Waals surface area (Å²) >= 11 is 0. The number of rotatable bonds is 1. The van der Waals surface area contributed by atoms with E-state index in [1.54, 1.807) is 0 Å². The van der Waals surface area contributed by atoms with E-state index in [2.05, 4.69) is 19.9 Å². The van der Waals surface area contributed by atoms with Crippen LogP contribution in [0.3, 0.4) is 0 Å². The van der Waals surface area contributed by atoms with Crippen LogP contribution in [-0.2, 0) is 0 Å². The number of hydrogen-bond donors (Lipinski definition) is 1. The molecule has 0 aromatic heterocycles. The third kappa shape index (κ3) is 2.33. The first-order valence-electron chi connectivity index (χ1n) is 4.55. The Kier molecular flexibility index (Phi) is 3.13. The van der Waals surface area contributed by atoms with E-state index < -0.39 is 0 Å². The zero-order chi connectivity index (χ0) is 8.27. The van der Waals surface area contributed by atoms with Crippen LogP contribution in [0.2, 0.25) is 0 Å². The van der Waals surface area contributed by atoms with Crippen molar-refractivity contribution >= 4 is 0 Å². The highest BCUT2D eigenvalue weighted by atomic mass is 16.3. The Labute approximate surface area is 69.1 Å². The second kappa shape index (κ2) is 3.91. The van der Waals surface area contributed by atoms with Crippen molar-refractivity contribution in [2.45, 2.75) is 45.6 Å². The zero-order valence-electron chi connectivity index (χ0n) is 7.51. The molecule has 0 saturated heterocycles. The fraction of sp³-hybridized carbons (Fsp3) is 0.800. The van der Waals surface area contributed by atoms with Gasteiger partial charge in [-0.05, 0) is 45.4 Å². The molecule has 0 aromatic carbocycles. The molecule has 1 N–H and O–H groups in total. The molecule has 0 atom stereocenters. The summed E-state index contributed by atoms with van der Waals surface area (Å²) in [5.41, 5.74) is 1.50. The van der Waals surface area contributed by atoms with Crippen molar-refractivity contribution in [2.75, 3.05) is 0 Å². The smallest absolute Gasteiger partial charge is 0.0540 e. The van der Waals surface area contributed by atoms with Crippen molar-refractivity contribution in [2.24, 2.45) is 5.92 Å². The topological polar surface area (TPSA) is 20.2 Å². The summed E-state index contributed by atoms with van der Waals surface area (Å²) in [7, 11) is 0. The molecule has 0 aliphatic heterocycles. The Morgan fingerprint density at radius 2 is 1.82 bits per heavy atom. The van der Waals surface area contributed by atoms with Gasteiger partial charge in [0.05, 0.1) is 6.10 Å². The molecule has 0 spiro atoms. The predicted octanol–water partition coefficient (Wildman–Crippen LogP) is 2.50. The Morgan fingerprint density at radius 1 is 1.27 bits per heavy atom. The van der Waals surface area contributed by atoms with Crippen LogP contribution in [0.4, 0.5) is 0 Å². The van der Waals surface area contributed by atoms with Gasteiger partial charge in [0, 0.05) is 0 Å². The zero-order valence-corrected chi connectivity index (χ0v) is 7.51. The molecule has 0 unspecified atom stereocenters. The first-order chi connectivity index (χ1) is 5.24. The van der Waals surface area contributed by atoms with Crippen molar-refractivity contribution in [3.8, 4) is 0 Å². The third-order valence-corrected chi connectivity index (χ3v) is 2.80. The van der Waals surface area contributed by atoms with E-state index in [4.69, 9.17) is 0 Å². The van der Waals surface area contributed by atoms with Gasteiger partial charge in [0.1, 0.15) is 0 Å². The lowest BCUT2D eigenvalue weighted by atomic mass is 9.83. The SMILES string of the molecule is CC=C(C)C1CCC(O)CC1. The van der Waals surface area contributed by atoms with Crippen LogP contribution in [-0.4, -0.2) is 11.2 Å². The molecule has 0 bridgehead atoms. The largest absolute Gasteiger partial charge is 0.393 e. The van der Waals surface area contributed by atoms with Gasteiger partial charge in [-0.2, -0.15) is 0 Å². The fourth-order valence-electron chi connectivity index (χ4n) is 1.77. The normalized spacial score (nSPS) is 33.9. The molecule has 1 fully saturated rings. The summed E-state index contributed by atoms with van der Waals surface area (Å²) in [5, 5.41) is 9.26. The van der Waals surface area contributed by atoms with Crippen molar-refractivity contribution in [3.05, 3.63) is 11.6 Å². The van der Waals surface area contributed by atoms with Gasteiger partial charge in [0.2, 0.25) is 0 Å². The summed E-state index contributed by atoms with van der Waals surface area (Å²) in [6.07, 6.45) is 6.53. The van der Waals surface area contributed by atoms with Crippen molar-refractivity contribution in [1.82, 2.24) is 0 Å². The highest BCUT2D eigenvalue weighted by Crippen LogP contribution is 2.29. The van der Waals surface area contributed by atoms with E-state index in [1.165, 1.54) is 18.4 Å². The van der Waals surface area contributed by atoms with Crippen molar-refractivity contribution in [1.29, 1.82) is 0 Å². The van der Waals surface area contributed by atoms with Gasteiger partial charge in [0.15, 0.2) is 0 Å². The summed E-state index contributed by atoms with van der Waals surface area (Å²) in [6, 6.07) is 0. The second-order valence-corrected chi connectivity index (χ2v) is 3.54. The molecule has 1 saturated carbocycles. The van der Waals surface area contributed by atoms with E-state index in [-0.39, 0.29) is 6.10 Å². The highest BCUT2D eigenvalue weighted by molar-refractivity contribution is 5.02. The van der Waals surface area contributed by atoms with Gasteiger partial charge in [0.25, 0.3) is 0 Å². The van der Waals surface area contributed by atoms with Gasteiger partial charge in [-0.15, -0.1) is 0 Å². The molecule has 1 aliphatic carbocycles. The van der Waals surface area contributed by atoms with Crippen LogP contribution >= 0.6 is 0 Å². The van der Waals surface area contributed by atoms with Crippen LogP contribution in [0.25, 0.3) is 0 Å². The molecule has 0 amide bonds. The molecule has 0 radical (unpaired) electrons.